The van der Waals surface area contributed by atoms with Crippen LogP contribution < -0.4 is 0 Å². The zero-order valence-corrected chi connectivity index (χ0v) is 10.3. The topological polar surface area (TPSA) is 56.0 Å². The van der Waals surface area contributed by atoms with Gasteiger partial charge in [-0.25, -0.2) is 8.78 Å². The molecule has 0 atom stereocenters. The van der Waals surface area contributed by atoms with Crippen molar-refractivity contribution in [2.45, 2.75) is 11.8 Å². The van der Waals surface area contributed by atoms with Crippen molar-refractivity contribution < 1.29 is 13.7 Å². The Hall–Kier alpha value is -0.630. The molecule has 0 aliphatic heterocycles. The van der Waals surface area contributed by atoms with Crippen LogP contribution in [0, 0.1) is 10.1 Å². The molecule has 1 heterocycles. The highest BCUT2D eigenvalue weighted by molar-refractivity contribution is 9.10. The molecule has 0 aromatic carbocycles. The highest BCUT2D eigenvalue weighted by atomic mass is 79.9. The summed E-state index contributed by atoms with van der Waals surface area (Å²) in [4.78, 5) is 13.1. The van der Waals surface area contributed by atoms with Gasteiger partial charge in [0.25, 0.3) is 6.43 Å². The fourth-order valence-electron chi connectivity index (χ4n) is 0.966. The van der Waals surface area contributed by atoms with E-state index >= 15 is 0 Å². The summed E-state index contributed by atoms with van der Waals surface area (Å²) in [5, 5.41) is 10.5. The molecular formula is C7H4Br2F2N2O2. The second kappa shape index (κ2) is 4.93. The third kappa shape index (κ3) is 2.69. The van der Waals surface area contributed by atoms with Crippen LogP contribution in [0.1, 0.15) is 17.6 Å². The lowest BCUT2D eigenvalue weighted by Gasteiger charge is -2.05. The molecule has 0 saturated heterocycles. The van der Waals surface area contributed by atoms with Gasteiger partial charge in [0, 0.05) is 38.5 Å². The Bertz CT molecular complexity index is 401. The van der Waals surface area contributed by atoms with Crippen LogP contribution in [0.25, 0.3) is 0 Å². The van der Waals surface area contributed by atoms with Gasteiger partial charge in [0.15, 0.2) is 0 Å². The summed E-state index contributed by atoms with van der Waals surface area (Å²) >= 11 is 5.93. The number of aromatic nitrogens is 1. The van der Waals surface area contributed by atoms with Crippen LogP contribution in [0.3, 0.4) is 0 Å². The number of rotatable bonds is 3. The minimum Gasteiger partial charge on any atom is -0.358 e. The number of pyridine rings is 1. The first kappa shape index (κ1) is 12.4. The minimum absolute atomic E-state index is 0.0591. The van der Waals surface area contributed by atoms with Gasteiger partial charge in [-0.2, -0.15) is 0 Å². The molecule has 0 N–H and O–H groups in total. The number of nitrogens with zero attached hydrogens (tertiary/aromatic N) is 2. The van der Waals surface area contributed by atoms with E-state index in [0.29, 0.717) is 0 Å². The van der Waals surface area contributed by atoms with E-state index in [1.807, 2.05) is 0 Å². The molecule has 0 bridgehead atoms. The lowest BCUT2D eigenvalue weighted by Crippen LogP contribution is -2.00. The highest BCUT2D eigenvalue weighted by Crippen LogP contribution is 2.31. The zero-order valence-electron chi connectivity index (χ0n) is 7.08. The summed E-state index contributed by atoms with van der Waals surface area (Å²) < 4.78 is 25.2. The molecule has 0 aliphatic carbocycles. The Morgan fingerprint density at radius 2 is 2.20 bits per heavy atom. The predicted molar refractivity (Wildman–Crippen MR) is 56.2 cm³/mol. The molecule has 8 heteroatoms. The maximum absolute atomic E-state index is 12.5. The second-order valence-electron chi connectivity index (χ2n) is 2.53. The normalized spacial score (nSPS) is 10.7. The van der Waals surface area contributed by atoms with E-state index in [0.717, 1.165) is 6.07 Å². The van der Waals surface area contributed by atoms with Gasteiger partial charge in [-0.15, -0.1) is 0 Å². The smallest absolute Gasteiger partial charge is 0.358 e. The van der Waals surface area contributed by atoms with Gasteiger partial charge in [-0.1, -0.05) is 15.9 Å². The molecule has 0 spiro atoms. The number of halogens is 4. The van der Waals surface area contributed by atoms with Crippen molar-refractivity contribution in [3.63, 3.8) is 0 Å². The molecule has 82 valence electrons. The van der Waals surface area contributed by atoms with Gasteiger partial charge >= 0.3 is 5.82 Å². The van der Waals surface area contributed by atoms with Crippen LogP contribution in [0.5, 0.6) is 0 Å². The Morgan fingerprint density at radius 1 is 1.60 bits per heavy atom. The number of hydrogen-bond donors (Lipinski definition) is 0. The van der Waals surface area contributed by atoms with Crippen LogP contribution in [0.2, 0.25) is 0 Å². The average molecular weight is 346 g/mol. The van der Waals surface area contributed by atoms with E-state index < -0.39 is 17.2 Å². The van der Waals surface area contributed by atoms with Crippen molar-refractivity contribution in [1.82, 2.24) is 4.98 Å². The van der Waals surface area contributed by atoms with Gasteiger partial charge in [-0.05, 0) is 9.91 Å². The van der Waals surface area contributed by atoms with Crippen LogP contribution >= 0.6 is 31.9 Å². The van der Waals surface area contributed by atoms with E-state index in [2.05, 4.69) is 36.8 Å². The largest absolute Gasteiger partial charge is 0.365 e. The maximum atomic E-state index is 12.5. The zero-order chi connectivity index (χ0) is 11.6. The van der Waals surface area contributed by atoms with Crippen LogP contribution in [-0.4, -0.2) is 9.91 Å². The lowest BCUT2D eigenvalue weighted by atomic mass is 10.1. The van der Waals surface area contributed by atoms with Crippen molar-refractivity contribution in [1.29, 1.82) is 0 Å². The fraction of sp³-hybridized carbons (Fsp3) is 0.286. The molecule has 1 aromatic rings. The number of hydrogen-bond acceptors (Lipinski definition) is 3. The molecule has 0 unspecified atom stereocenters. The standard InChI is InChI=1S/C7H4Br2F2N2O2/c8-2-4-3(7(10)11)1-5(13(14)15)12-6(4)9/h1,7H,2H2. The lowest BCUT2D eigenvalue weighted by molar-refractivity contribution is -0.389. The Morgan fingerprint density at radius 3 is 2.60 bits per heavy atom. The summed E-state index contributed by atoms with van der Waals surface area (Å²) in [6.45, 7) is 0. The number of nitro groups is 1. The van der Waals surface area contributed by atoms with E-state index in [4.69, 9.17) is 0 Å². The summed E-state index contributed by atoms with van der Waals surface area (Å²) in [6.07, 6.45) is -2.77. The first-order valence-corrected chi connectivity index (χ1v) is 5.56. The first-order chi connectivity index (χ1) is 6.97. The summed E-state index contributed by atoms with van der Waals surface area (Å²) in [5.41, 5.74) is -0.170. The third-order valence-corrected chi connectivity index (χ3v) is 2.87. The van der Waals surface area contributed by atoms with Crippen molar-refractivity contribution in [2.24, 2.45) is 0 Å². The third-order valence-electron chi connectivity index (χ3n) is 1.65. The van der Waals surface area contributed by atoms with E-state index in [-0.39, 0.29) is 21.1 Å². The quantitative estimate of drug-likeness (QED) is 0.364. The van der Waals surface area contributed by atoms with Crippen LogP contribution in [0.15, 0.2) is 10.7 Å². The monoisotopic (exact) mass is 344 g/mol. The minimum atomic E-state index is -2.77. The molecule has 1 rings (SSSR count). The molecule has 15 heavy (non-hydrogen) atoms. The van der Waals surface area contributed by atoms with Gasteiger partial charge in [-0.3, -0.25) is 0 Å². The van der Waals surface area contributed by atoms with E-state index in [1.54, 1.807) is 0 Å². The fourth-order valence-corrected chi connectivity index (χ4v) is 2.48. The van der Waals surface area contributed by atoms with Crippen LogP contribution in [0.4, 0.5) is 14.6 Å². The summed E-state index contributed by atoms with van der Waals surface area (Å²) in [6, 6.07) is 0.784. The van der Waals surface area contributed by atoms with Crippen molar-refractivity contribution in [2.75, 3.05) is 0 Å². The van der Waals surface area contributed by atoms with Gasteiger partial charge in [0.1, 0.15) is 0 Å². The van der Waals surface area contributed by atoms with Crippen LogP contribution in [-0.2, 0) is 5.33 Å². The molecule has 0 saturated carbocycles. The predicted octanol–water partition coefficient (Wildman–Crippen LogP) is 3.58. The molecule has 0 amide bonds. The van der Waals surface area contributed by atoms with Crippen molar-refractivity contribution in [3.05, 3.63) is 31.9 Å². The van der Waals surface area contributed by atoms with Gasteiger partial charge in [0.2, 0.25) is 4.60 Å². The van der Waals surface area contributed by atoms with Crippen molar-refractivity contribution in [3.8, 4) is 0 Å². The number of alkyl halides is 3. The van der Waals surface area contributed by atoms with E-state index in [1.165, 1.54) is 0 Å². The van der Waals surface area contributed by atoms with E-state index in [9.17, 15) is 18.9 Å². The summed E-state index contributed by atoms with van der Waals surface area (Å²) in [7, 11) is 0. The maximum Gasteiger partial charge on any atom is 0.365 e. The second-order valence-corrected chi connectivity index (χ2v) is 3.84. The first-order valence-electron chi connectivity index (χ1n) is 3.65. The van der Waals surface area contributed by atoms with Gasteiger partial charge < -0.3 is 10.1 Å². The Labute approximate surface area is 100 Å². The Kier molecular flexibility index (Phi) is 4.09. The van der Waals surface area contributed by atoms with Crippen molar-refractivity contribution >= 4 is 37.7 Å². The average Bonchev–Trinajstić information content (AvgIpc) is 2.16. The van der Waals surface area contributed by atoms with Gasteiger partial charge in [0.05, 0.1) is 0 Å². The Balaban J connectivity index is 3.38. The molecular weight excluding hydrogens is 342 g/mol. The highest BCUT2D eigenvalue weighted by Gasteiger charge is 2.23. The molecule has 0 aliphatic rings. The molecule has 4 nitrogen and oxygen atoms in total. The molecule has 0 fully saturated rings. The molecule has 1 aromatic heterocycles. The molecule has 0 radical (unpaired) electrons. The summed E-state index contributed by atoms with van der Waals surface area (Å²) in [5.74, 6) is -0.595. The SMILES string of the molecule is O=[N+]([O-])c1cc(C(F)F)c(CBr)c(Br)n1.